The molecule has 0 amide bonds. The Kier molecular flexibility index (Phi) is 5.36. The largest absolute Gasteiger partial charge is 0.497 e. The number of pyridine rings is 1. The van der Waals surface area contributed by atoms with Crippen molar-refractivity contribution in [2.45, 2.75) is 12.3 Å². The minimum atomic E-state index is -0.909. The molecule has 110 valence electrons. The van der Waals surface area contributed by atoms with Gasteiger partial charge in [0.05, 0.1) is 12.8 Å². The van der Waals surface area contributed by atoms with E-state index in [1.54, 1.807) is 19.4 Å². The highest BCUT2D eigenvalue weighted by Crippen LogP contribution is 2.29. The molecular formula is C15H13Br2NO3. The van der Waals surface area contributed by atoms with Crippen LogP contribution in [0.1, 0.15) is 17.2 Å². The van der Waals surface area contributed by atoms with Gasteiger partial charge in [-0.2, -0.15) is 0 Å². The van der Waals surface area contributed by atoms with Gasteiger partial charge in [0, 0.05) is 15.1 Å². The summed E-state index contributed by atoms with van der Waals surface area (Å²) < 4.78 is 6.63. The van der Waals surface area contributed by atoms with Gasteiger partial charge in [0.25, 0.3) is 0 Å². The van der Waals surface area contributed by atoms with Gasteiger partial charge in [-0.15, -0.1) is 0 Å². The van der Waals surface area contributed by atoms with Gasteiger partial charge in [0.2, 0.25) is 0 Å². The second-order valence-electron chi connectivity index (χ2n) is 4.47. The highest BCUT2D eigenvalue weighted by atomic mass is 79.9. The zero-order valence-electron chi connectivity index (χ0n) is 11.2. The zero-order valence-corrected chi connectivity index (χ0v) is 14.4. The molecule has 1 aromatic heterocycles. The third-order valence-corrected chi connectivity index (χ3v) is 4.11. The van der Waals surface area contributed by atoms with Gasteiger partial charge in [0.1, 0.15) is 11.7 Å². The van der Waals surface area contributed by atoms with Gasteiger partial charge in [-0.05, 0) is 62.0 Å². The van der Waals surface area contributed by atoms with Crippen LogP contribution in [0.15, 0.2) is 45.5 Å². The first-order valence-corrected chi connectivity index (χ1v) is 7.76. The zero-order chi connectivity index (χ0) is 15.4. The highest BCUT2D eigenvalue weighted by Gasteiger charge is 2.24. The third-order valence-electron chi connectivity index (χ3n) is 3.04. The number of methoxy groups -OCH3 is 1. The molecule has 21 heavy (non-hydrogen) atoms. The molecule has 0 spiro atoms. The Bertz CT molecular complexity index is 661. The summed E-state index contributed by atoms with van der Waals surface area (Å²) >= 11 is 6.69. The third kappa shape index (κ3) is 4.04. The van der Waals surface area contributed by atoms with E-state index in [0.717, 1.165) is 10.0 Å². The van der Waals surface area contributed by atoms with Crippen molar-refractivity contribution >= 4 is 37.8 Å². The molecule has 6 heteroatoms. The van der Waals surface area contributed by atoms with Crippen molar-refractivity contribution in [2.24, 2.45) is 0 Å². The topological polar surface area (TPSA) is 59.4 Å². The molecule has 2 rings (SSSR count). The maximum Gasteiger partial charge on any atom is 0.312 e. The summed E-state index contributed by atoms with van der Waals surface area (Å²) in [4.78, 5) is 15.8. The summed E-state index contributed by atoms with van der Waals surface area (Å²) in [6.45, 7) is 0. The van der Waals surface area contributed by atoms with Crippen LogP contribution in [0.3, 0.4) is 0 Å². The van der Waals surface area contributed by atoms with Crippen LogP contribution in [0.25, 0.3) is 0 Å². The lowest BCUT2D eigenvalue weighted by Crippen LogP contribution is -2.16. The smallest absolute Gasteiger partial charge is 0.312 e. The number of carboxylic acid groups (broad SMARTS) is 1. The lowest BCUT2D eigenvalue weighted by Gasteiger charge is -2.14. The van der Waals surface area contributed by atoms with E-state index in [1.807, 2.05) is 24.3 Å². The number of benzene rings is 1. The van der Waals surface area contributed by atoms with E-state index in [9.17, 15) is 9.90 Å². The van der Waals surface area contributed by atoms with Gasteiger partial charge in [-0.1, -0.05) is 12.1 Å². The molecule has 1 unspecified atom stereocenters. The Morgan fingerprint density at radius 2 is 2.14 bits per heavy atom. The normalized spacial score (nSPS) is 12.0. The number of hydrogen-bond donors (Lipinski definition) is 1. The summed E-state index contributed by atoms with van der Waals surface area (Å²) in [5.74, 6) is -0.924. The quantitative estimate of drug-likeness (QED) is 0.802. The second kappa shape index (κ2) is 7.04. The Morgan fingerprint density at radius 1 is 1.38 bits per heavy atom. The van der Waals surface area contributed by atoms with Crippen LogP contribution >= 0.6 is 31.9 Å². The number of halogens is 2. The van der Waals surface area contributed by atoms with E-state index in [4.69, 9.17) is 4.74 Å². The lowest BCUT2D eigenvalue weighted by molar-refractivity contribution is -0.138. The number of nitrogens with zero attached hydrogens (tertiary/aromatic N) is 1. The van der Waals surface area contributed by atoms with Crippen molar-refractivity contribution in [1.29, 1.82) is 0 Å². The maximum absolute atomic E-state index is 11.6. The number of ether oxygens (including phenoxy) is 1. The number of carbonyl (C=O) groups is 1. The molecule has 4 nitrogen and oxygen atoms in total. The van der Waals surface area contributed by atoms with Crippen LogP contribution in [0.2, 0.25) is 0 Å². The van der Waals surface area contributed by atoms with Crippen LogP contribution in [-0.2, 0) is 11.2 Å². The average Bonchev–Trinajstić information content (AvgIpc) is 2.45. The average molecular weight is 415 g/mol. The molecule has 1 aromatic carbocycles. The Labute approximate surface area is 139 Å². The van der Waals surface area contributed by atoms with E-state index in [0.29, 0.717) is 22.3 Å². The predicted octanol–water partition coefficient (Wildman–Crippen LogP) is 4.03. The standard InChI is InChI=1S/C15H13Br2NO3/c1-21-11-4-2-3-9(5-11)6-12(15(19)20)14-13(17)7-10(16)8-18-14/h2-5,7-8,12H,6H2,1H3,(H,19,20). The van der Waals surface area contributed by atoms with Crippen molar-refractivity contribution in [3.63, 3.8) is 0 Å². The monoisotopic (exact) mass is 413 g/mol. The Balaban J connectivity index is 2.33. The molecular weight excluding hydrogens is 402 g/mol. The fourth-order valence-electron chi connectivity index (χ4n) is 2.02. The molecule has 2 aromatic rings. The molecule has 0 aliphatic heterocycles. The molecule has 1 N–H and O–H groups in total. The van der Waals surface area contributed by atoms with Crippen molar-refractivity contribution in [1.82, 2.24) is 4.98 Å². The number of hydrogen-bond acceptors (Lipinski definition) is 3. The lowest BCUT2D eigenvalue weighted by atomic mass is 9.95. The molecule has 0 aliphatic rings. The first kappa shape index (κ1) is 16.0. The summed E-state index contributed by atoms with van der Waals surface area (Å²) in [5.41, 5.74) is 1.40. The first-order valence-electron chi connectivity index (χ1n) is 6.18. The van der Waals surface area contributed by atoms with Crippen LogP contribution < -0.4 is 4.74 Å². The Hall–Kier alpha value is -1.40. The fourth-order valence-corrected chi connectivity index (χ4v) is 3.28. The van der Waals surface area contributed by atoms with Crippen molar-refractivity contribution in [3.05, 3.63) is 56.7 Å². The van der Waals surface area contributed by atoms with E-state index in [2.05, 4.69) is 36.8 Å². The molecule has 1 atom stereocenters. The van der Waals surface area contributed by atoms with Crippen LogP contribution in [0, 0.1) is 0 Å². The maximum atomic E-state index is 11.6. The Morgan fingerprint density at radius 3 is 2.76 bits per heavy atom. The number of rotatable bonds is 5. The van der Waals surface area contributed by atoms with Gasteiger partial charge in [-0.3, -0.25) is 9.78 Å². The summed E-state index contributed by atoms with van der Waals surface area (Å²) in [5, 5.41) is 9.50. The fraction of sp³-hybridized carbons (Fsp3) is 0.200. The molecule has 0 radical (unpaired) electrons. The van der Waals surface area contributed by atoms with Crippen LogP contribution in [0.4, 0.5) is 0 Å². The van der Waals surface area contributed by atoms with Crippen LogP contribution in [0.5, 0.6) is 5.75 Å². The SMILES string of the molecule is COc1cccc(CC(C(=O)O)c2ncc(Br)cc2Br)c1. The van der Waals surface area contributed by atoms with E-state index >= 15 is 0 Å². The summed E-state index contributed by atoms with van der Waals surface area (Å²) in [7, 11) is 1.58. The molecule has 0 fully saturated rings. The van der Waals surface area contributed by atoms with Crippen molar-refractivity contribution < 1.29 is 14.6 Å². The molecule has 1 heterocycles. The van der Waals surface area contributed by atoms with E-state index in [1.165, 1.54) is 0 Å². The van der Waals surface area contributed by atoms with Gasteiger partial charge in [-0.25, -0.2) is 0 Å². The van der Waals surface area contributed by atoms with Crippen molar-refractivity contribution in [2.75, 3.05) is 7.11 Å². The number of aromatic nitrogens is 1. The minimum Gasteiger partial charge on any atom is -0.497 e. The molecule has 0 aliphatic carbocycles. The molecule has 0 saturated heterocycles. The van der Waals surface area contributed by atoms with Crippen LogP contribution in [-0.4, -0.2) is 23.2 Å². The molecule has 0 bridgehead atoms. The second-order valence-corrected chi connectivity index (χ2v) is 6.24. The first-order chi connectivity index (χ1) is 10.0. The van der Waals surface area contributed by atoms with Gasteiger partial charge < -0.3 is 9.84 Å². The molecule has 0 saturated carbocycles. The van der Waals surface area contributed by atoms with Gasteiger partial charge >= 0.3 is 5.97 Å². The van der Waals surface area contributed by atoms with Crippen molar-refractivity contribution in [3.8, 4) is 5.75 Å². The highest BCUT2D eigenvalue weighted by molar-refractivity contribution is 9.11. The minimum absolute atomic E-state index is 0.347. The predicted molar refractivity (Wildman–Crippen MR) is 86.7 cm³/mol. The number of carboxylic acids is 1. The van der Waals surface area contributed by atoms with E-state index < -0.39 is 11.9 Å². The summed E-state index contributed by atoms with van der Waals surface area (Å²) in [6, 6.07) is 9.18. The van der Waals surface area contributed by atoms with E-state index in [-0.39, 0.29) is 0 Å². The number of aliphatic carboxylic acids is 1. The van der Waals surface area contributed by atoms with Gasteiger partial charge in [0.15, 0.2) is 0 Å². The summed E-state index contributed by atoms with van der Waals surface area (Å²) in [6.07, 6.45) is 1.95.